The van der Waals surface area contributed by atoms with Crippen LogP contribution in [-0.2, 0) is 0 Å². The maximum Gasteiger partial charge on any atom is -0.0395 e. The summed E-state index contributed by atoms with van der Waals surface area (Å²) in [5, 5.41) is 0. The van der Waals surface area contributed by atoms with Gasteiger partial charge in [0.25, 0.3) is 0 Å². The number of hydrogen-bond donors (Lipinski definition) is 0. The summed E-state index contributed by atoms with van der Waals surface area (Å²) in [5.74, 6) is 0. The van der Waals surface area contributed by atoms with E-state index < -0.39 is 0 Å². The van der Waals surface area contributed by atoms with Gasteiger partial charge in [0.2, 0.25) is 0 Å². The first-order chi connectivity index (χ1) is 3.80. The molecule has 0 aromatic heterocycles. The molecule has 0 saturated heterocycles. The zero-order valence-corrected chi connectivity index (χ0v) is 5.72. The number of aryl methyl sites for hydroxylation is 2. The lowest BCUT2D eigenvalue weighted by molar-refractivity contribution is 1.11. The van der Waals surface area contributed by atoms with Gasteiger partial charge in [-0.3, -0.25) is 4.70 Å². The minimum Gasteiger partial charge on any atom is -0.269 e. The van der Waals surface area contributed by atoms with Crippen LogP contribution in [0, 0.1) is 13.8 Å². The van der Waals surface area contributed by atoms with E-state index in [-0.39, 0.29) is 4.70 Å². The van der Waals surface area contributed by atoms with Gasteiger partial charge in [0, 0.05) is 0 Å². The zero-order chi connectivity index (χ0) is 5.98. The van der Waals surface area contributed by atoms with Crippen LogP contribution in [0.1, 0.15) is 11.1 Å². The third kappa shape index (κ3) is 1.84. The average molecular weight is 126 g/mol. The van der Waals surface area contributed by atoms with E-state index in [2.05, 4.69) is 38.1 Å². The van der Waals surface area contributed by atoms with Gasteiger partial charge in [-0.25, -0.2) is 0 Å². The van der Waals surface area contributed by atoms with Crippen molar-refractivity contribution >= 4 is 0 Å². The molecule has 0 atom stereocenters. The maximum atomic E-state index is 2.12. The second kappa shape index (κ2) is 3.23. The van der Waals surface area contributed by atoms with Crippen LogP contribution in [0.3, 0.4) is 0 Å². The Bertz CT molecular complexity index is 161. The molecule has 0 aliphatic heterocycles. The summed E-state index contributed by atoms with van der Waals surface area (Å²) in [6.07, 6.45) is 0. The molecule has 1 aromatic carbocycles. The Morgan fingerprint density at radius 1 is 0.889 bits per heavy atom. The van der Waals surface area contributed by atoms with E-state index in [9.17, 15) is 0 Å². The van der Waals surface area contributed by atoms with Gasteiger partial charge in [0.05, 0.1) is 0 Å². The molecule has 1 rings (SSSR count). The second-order valence-electron chi connectivity index (χ2n) is 2.08. The van der Waals surface area contributed by atoms with Crippen molar-refractivity contribution in [3.05, 3.63) is 35.4 Å². The Labute approximate surface area is 54.9 Å². The van der Waals surface area contributed by atoms with Crippen LogP contribution in [0.15, 0.2) is 24.3 Å². The number of hydrogen-bond acceptors (Lipinski definition) is 0. The molecule has 1 aromatic rings. The van der Waals surface area contributed by atoms with Crippen LogP contribution in [0.4, 0.5) is 4.70 Å². The van der Waals surface area contributed by atoms with Crippen LogP contribution >= 0.6 is 0 Å². The summed E-state index contributed by atoms with van der Waals surface area (Å²) in [6.45, 7) is 4.24. The fraction of sp³-hybridized carbons (Fsp3) is 0.250. The molecule has 1 heteroatoms. The third-order valence-electron chi connectivity index (χ3n) is 1.43. The number of benzene rings is 1. The largest absolute Gasteiger partial charge is 0.269 e. The third-order valence-corrected chi connectivity index (χ3v) is 1.43. The van der Waals surface area contributed by atoms with E-state index in [1.54, 1.807) is 0 Å². The maximum absolute atomic E-state index is 2.12. The first-order valence-corrected chi connectivity index (χ1v) is 2.83. The Balaban J connectivity index is 0.000000640. The Morgan fingerprint density at radius 2 is 1.22 bits per heavy atom. The van der Waals surface area contributed by atoms with Crippen molar-refractivity contribution in [2.24, 2.45) is 0 Å². The highest BCUT2D eigenvalue weighted by molar-refractivity contribution is 5.23. The summed E-state index contributed by atoms with van der Waals surface area (Å²) < 4.78 is 0. The zero-order valence-electron chi connectivity index (χ0n) is 5.72. The minimum absolute atomic E-state index is 0. The molecule has 0 saturated carbocycles. The molecule has 0 fully saturated rings. The number of halogens is 1. The highest BCUT2D eigenvalue weighted by Crippen LogP contribution is 2.02. The van der Waals surface area contributed by atoms with Gasteiger partial charge in [0.15, 0.2) is 0 Å². The predicted molar refractivity (Wildman–Crippen MR) is 38.4 cm³/mol. The van der Waals surface area contributed by atoms with E-state index in [1.165, 1.54) is 11.1 Å². The monoisotopic (exact) mass is 126 g/mol. The van der Waals surface area contributed by atoms with Crippen LogP contribution in [-0.4, -0.2) is 0 Å². The summed E-state index contributed by atoms with van der Waals surface area (Å²) in [4.78, 5) is 0. The number of rotatable bonds is 0. The topological polar surface area (TPSA) is 0 Å². The van der Waals surface area contributed by atoms with Crippen molar-refractivity contribution in [2.75, 3.05) is 0 Å². The van der Waals surface area contributed by atoms with E-state index in [0.29, 0.717) is 0 Å². The van der Waals surface area contributed by atoms with Crippen molar-refractivity contribution in [1.29, 1.82) is 0 Å². The van der Waals surface area contributed by atoms with E-state index in [4.69, 9.17) is 0 Å². The SMILES string of the molecule is Cc1ccccc1C.F. The molecular formula is C8H11F. The molecule has 0 aliphatic rings. The quantitative estimate of drug-likeness (QED) is 0.501. The first-order valence-electron chi connectivity index (χ1n) is 2.83. The first kappa shape index (κ1) is 8.15. The highest BCUT2D eigenvalue weighted by Gasteiger charge is 1.83. The van der Waals surface area contributed by atoms with Crippen LogP contribution < -0.4 is 0 Å². The van der Waals surface area contributed by atoms with E-state index >= 15 is 0 Å². The lowest BCUT2D eigenvalue weighted by Crippen LogP contribution is -1.74. The van der Waals surface area contributed by atoms with E-state index in [0.717, 1.165) is 0 Å². The fourth-order valence-corrected chi connectivity index (χ4v) is 0.663. The molecular weight excluding hydrogens is 115 g/mol. The Morgan fingerprint density at radius 3 is 1.44 bits per heavy atom. The van der Waals surface area contributed by atoms with Gasteiger partial charge < -0.3 is 0 Å². The normalized spacial score (nSPS) is 8.22. The van der Waals surface area contributed by atoms with Gasteiger partial charge in [-0.2, -0.15) is 0 Å². The molecule has 0 radical (unpaired) electrons. The van der Waals surface area contributed by atoms with Gasteiger partial charge in [0.1, 0.15) is 0 Å². The van der Waals surface area contributed by atoms with Crippen molar-refractivity contribution in [2.45, 2.75) is 13.8 Å². The van der Waals surface area contributed by atoms with Crippen molar-refractivity contribution in [1.82, 2.24) is 0 Å². The van der Waals surface area contributed by atoms with Crippen molar-refractivity contribution < 1.29 is 4.70 Å². The molecule has 0 bridgehead atoms. The summed E-state index contributed by atoms with van der Waals surface area (Å²) >= 11 is 0. The summed E-state index contributed by atoms with van der Waals surface area (Å²) in [5.41, 5.74) is 2.74. The summed E-state index contributed by atoms with van der Waals surface area (Å²) in [7, 11) is 0. The lowest BCUT2D eigenvalue weighted by Gasteiger charge is -1.93. The average Bonchev–Trinajstić information content (AvgIpc) is 1.77. The molecule has 0 amide bonds. The predicted octanol–water partition coefficient (Wildman–Crippen LogP) is 2.46. The lowest BCUT2D eigenvalue weighted by atomic mass is 10.1. The van der Waals surface area contributed by atoms with Gasteiger partial charge in [-0.15, -0.1) is 0 Å². The molecule has 9 heavy (non-hydrogen) atoms. The standard InChI is InChI=1S/C8H10.FH/c1-7-5-3-4-6-8(7)2;/h3-6H,1-2H3;1H. The van der Waals surface area contributed by atoms with Gasteiger partial charge in [-0.1, -0.05) is 24.3 Å². The van der Waals surface area contributed by atoms with Crippen LogP contribution in [0.25, 0.3) is 0 Å². The summed E-state index contributed by atoms with van der Waals surface area (Å²) in [6, 6.07) is 8.36. The molecule has 0 heterocycles. The Hall–Kier alpha value is -0.850. The van der Waals surface area contributed by atoms with Gasteiger partial charge >= 0.3 is 0 Å². The molecule has 50 valence electrons. The van der Waals surface area contributed by atoms with E-state index in [1.807, 2.05) is 0 Å². The molecule has 0 N–H and O–H groups in total. The van der Waals surface area contributed by atoms with Crippen molar-refractivity contribution in [3.63, 3.8) is 0 Å². The van der Waals surface area contributed by atoms with Crippen LogP contribution in [0.5, 0.6) is 0 Å². The second-order valence-corrected chi connectivity index (χ2v) is 2.08. The van der Waals surface area contributed by atoms with Crippen molar-refractivity contribution in [3.8, 4) is 0 Å². The van der Waals surface area contributed by atoms with Gasteiger partial charge in [-0.05, 0) is 25.0 Å². The molecule has 0 nitrogen and oxygen atoms in total. The minimum atomic E-state index is 0. The highest BCUT2D eigenvalue weighted by atomic mass is 19.0. The molecule has 0 spiro atoms. The fourth-order valence-electron chi connectivity index (χ4n) is 0.663. The van der Waals surface area contributed by atoms with Crippen LogP contribution in [0.2, 0.25) is 0 Å². The Kier molecular flexibility index (Phi) is 2.93. The molecule has 0 aliphatic carbocycles. The smallest absolute Gasteiger partial charge is 0.0395 e. The molecule has 0 unspecified atom stereocenters.